The zero-order valence-electron chi connectivity index (χ0n) is 18.1. The molecule has 0 radical (unpaired) electrons. The molecule has 0 amide bonds. The number of nitrogens with zero attached hydrogens (tertiary/aromatic N) is 1. The lowest BCUT2D eigenvalue weighted by atomic mass is 9.81. The van der Waals surface area contributed by atoms with Crippen molar-refractivity contribution in [3.05, 3.63) is 78.0 Å². The maximum Gasteiger partial charge on any atom is 0.209 e. The largest absolute Gasteiger partial charge is 1.00 e. The Labute approximate surface area is 199 Å². The van der Waals surface area contributed by atoms with E-state index in [1.807, 2.05) is 30.3 Å². The molecule has 0 fully saturated rings. The first kappa shape index (κ1) is 21.4. The molecule has 2 aromatic carbocycles. The van der Waals surface area contributed by atoms with Gasteiger partial charge in [-0.15, -0.1) is 0 Å². The first-order valence-corrected chi connectivity index (χ1v) is 10.1. The van der Waals surface area contributed by atoms with E-state index in [0.717, 1.165) is 33.9 Å². The third kappa shape index (κ3) is 3.51. The molecular formula is C26H25IN2O2. The van der Waals surface area contributed by atoms with E-state index in [0.29, 0.717) is 0 Å². The molecule has 1 aliphatic rings. The Morgan fingerprint density at radius 3 is 2.48 bits per heavy atom. The number of benzene rings is 2. The van der Waals surface area contributed by atoms with Crippen molar-refractivity contribution in [1.82, 2.24) is 4.98 Å². The van der Waals surface area contributed by atoms with Gasteiger partial charge in [-0.1, -0.05) is 36.4 Å². The second kappa shape index (κ2) is 8.04. The summed E-state index contributed by atoms with van der Waals surface area (Å²) in [5, 5.41) is 1.08. The van der Waals surface area contributed by atoms with Crippen LogP contribution in [0.4, 0.5) is 5.69 Å². The Bertz CT molecular complexity index is 1290. The van der Waals surface area contributed by atoms with Gasteiger partial charge in [0.05, 0.1) is 23.9 Å². The van der Waals surface area contributed by atoms with Gasteiger partial charge in [-0.05, 0) is 32.1 Å². The first-order chi connectivity index (χ1) is 14.5. The van der Waals surface area contributed by atoms with Crippen molar-refractivity contribution in [2.45, 2.75) is 19.3 Å². The fourth-order valence-electron chi connectivity index (χ4n) is 4.46. The molecule has 0 unspecified atom stereocenters. The van der Waals surface area contributed by atoms with Gasteiger partial charge in [-0.3, -0.25) is 0 Å². The van der Waals surface area contributed by atoms with Gasteiger partial charge in [0.2, 0.25) is 5.69 Å². The Morgan fingerprint density at radius 1 is 1.00 bits per heavy atom. The van der Waals surface area contributed by atoms with Crippen LogP contribution in [0.25, 0.3) is 28.5 Å². The summed E-state index contributed by atoms with van der Waals surface area (Å²) in [5.74, 6) is 1.59. The summed E-state index contributed by atoms with van der Waals surface area (Å²) < 4.78 is 13.9. The molecule has 0 saturated heterocycles. The maximum absolute atomic E-state index is 6.01. The summed E-state index contributed by atoms with van der Waals surface area (Å²) in [4.78, 5) is 3.46. The van der Waals surface area contributed by atoms with Crippen LogP contribution in [0.2, 0.25) is 0 Å². The lowest BCUT2D eigenvalue weighted by Gasteiger charge is -2.15. The number of hydrogen-bond acceptors (Lipinski definition) is 2. The van der Waals surface area contributed by atoms with Gasteiger partial charge in [0.1, 0.15) is 18.4 Å². The number of allylic oxidation sites excluding steroid dienone is 1. The minimum absolute atomic E-state index is 0. The number of fused-ring (bicyclic) bond motifs is 2. The van der Waals surface area contributed by atoms with E-state index in [4.69, 9.17) is 9.15 Å². The van der Waals surface area contributed by atoms with Crippen molar-refractivity contribution in [3.8, 4) is 17.2 Å². The molecule has 0 aliphatic carbocycles. The molecule has 4 nitrogen and oxygen atoms in total. The summed E-state index contributed by atoms with van der Waals surface area (Å²) in [6, 6.07) is 20.6. The summed E-state index contributed by atoms with van der Waals surface area (Å²) in [7, 11) is 3.82. The van der Waals surface area contributed by atoms with Gasteiger partial charge in [0.15, 0.2) is 11.5 Å². The van der Waals surface area contributed by atoms with Crippen LogP contribution >= 0.6 is 0 Å². The average molecular weight is 524 g/mol. The van der Waals surface area contributed by atoms with E-state index in [-0.39, 0.29) is 29.4 Å². The second-order valence-corrected chi connectivity index (χ2v) is 8.23. The molecule has 5 rings (SSSR count). The van der Waals surface area contributed by atoms with Crippen molar-refractivity contribution in [2.75, 3.05) is 14.2 Å². The number of aromatic nitrogens is 1. The van der Waals surface area contributed by atoms with Crippen LogP contribution < -0.4 is 28.7 Å². The SMILES string of the molecule is COc1cc(-c2cc3ccccc3o2)[nH]c1/C=C/C1=[N+](C)c2ccccc2C1(C)C.[I-]. The lowest BCUT2D eigenvalue weighted by molar-refractivity contribution is -0.401. The van der Waals surface area contributed by atoms with Crippen LogP contribution in [-0.2, 0) is 5.41 Å². The van der Waals surface area contributed by atoms with Crippen molar-refractivity contribution in [3.63, 3.8) is 0 Å². The zero-order chi connectivity index (χ0) is 20.9. The summed E-state index contributed by atoms with van der Waals surface area (Å²) in [6.07, 6.45) is 4.27. The van der Waals surface area contributed by atoms with Crippen molar-refractivity contribution in [1.29, 1.82) is 0 Å². The molecule has 1 N–H and O–H groups in total. The molecule has 1 aliphatic heterocycles. The molecule has 2 aromatic heterocycles. The highest BCUT2D eigenvalue weighted by molar-refractivity contribution is 6.05. The highest BCUT2D eigenvalue weighted by Gasteiger charge is 2.42. The van der Waals surface area contributed by atoms with Gasteiger partial charge >= 0.3 is 0 Å². The molecule has 0 bridgehead atoms. The number of para-hydroxylation sites is 2. The number of halogens is 1. The molecule has 158 valence electrons. The van der Waals surface area contributed by atoms with Crippen molar-refractivity contribution >= 4 is 28.4 Å². The van der Waals surface area contributed by atoms with Crippen LogP contribution in [-0.4, -0.2) is 29.4 Å². The number of nitrogens with one attached hydrogen (secondary N) is 1. The number of H-pyrrole nitrogens is 1. The molecule has 0 atom stereocenters. The van der Waals surface area contributed by atoms with E-state index < -0.39 is 0 Å². The number of hydrogen-bond donors (Lipinski definition) is 1. The van der Waals surface area contributed by atoms with Gasteiger partial charge in [0.25, 0.3) is 0 Å². The highest BCUT2D eigenvalue weighted by Crippen LogP contribution is 2.39. The Hall–Kier alpha value is -2.80. The van der Waals surface area contributed by atoms with Gasteiger partial charge < -0.3 is 38.1 Å². The van der Waals surface area contributed by atoms with Crippen LogP contribution in [0.5, 0.6) is 5.75 Å². The fourth-order valence-corrected chi connectivity index (χ4v) is 4.46. The third-order valence-corrected chi connectivity index (χ3v) is 6.07. The number of aromatic amines is 1. The van der Waals surface area contributed by atoms with E-state index in [1.54, 1.807) is 7.11 Å². The Kier molecular flexibility index (Phi) is 5.56. The molecule has 31 heavy (non-hydrogen) atoms. The zero-order valence-corrected chi connectivity index (χ0v) is 20.2. The molecule has 4 aromatic rings. The Morgan fingerprint density at radius 2 is 1.74 bits per heavy atom. The number of methoxy groups -OCH3 is 1. The van der Waals surface area contributed by atoms with Gasteiger partial charge in [-0.2, -0.15) is 4.58 Å². The minimum atomic E-state index is -0.0662. The lowest BCUT2D eigenvalue weighted by Crippen LogP contribution is -3.00. The van der Waals surface area contributed by atoms with E-state index in [9.17, 15) is 0 Å². The fraction of sp³-hybridized carbons (Fsp3) is 0.192. The van der Waals surface area contributed by atoms with Crippen molar-refractivity contribution in [2.24, 2.45) is 0 Å². The number of rotatable bonds is 4. The molecular weight excluding hydrogens is 499 g/mol. The predicted octanol–water partition coefficient (Wildman–Crippen LogP) is 3.16. The summed E-state index contributed by atoms with van der Waals surface area (Å²) in [5.41, 5.74) is 6.46. The van der Waals surface area contributed by atoms with Gasteiger partial charge in [0, 0.05) is 29.2 Å². The molecule has 0 saturated carbocycles. The second-order valence-electron chi connectivity index (χ2n) is 8.23. The maximum atomic E-state index is 6.01. The topological polar surface area (TPSA) is 41.2 Å². The molecule has 0 spiro atoms. The third-order valence-electron chi connectivity index (χ3n) is 6.07. The van der Waals surface area contributed by atoms with Crippen LogP contribution in [0.3, 0.4) is 0 Å². The van der Waals surface area contributed by atoms with E-state index in [1.165, 1.54) is 17.0 Å². The number of ether oxygens (including phenoxy) is 1. The summed E-state index contributed by atoms with van der Waals surface area (Å²) in [6.45, 7) is 4.53. The predicted molar refractivity (Wildman–Crippen MR) is 122 cm³/mol. The minimum Gasteiger partial charge on any atom is -1.00 e. The molecule has 5 heteroatoms. The standard InChI is InChI=1S/C26H24N2O2.HI/c1-26(2)18-10-6-7-11-21(18)28(3)25(26)14-13-19-23(29-4)16-20(27-19)24-15-17-9-5-8-12-22(17)30-24;/h5-16H,1-4H3;1H. The van der Waals surface area contributed by atoms with Crippen LogP contribution in [0, 0.1) is 0 Å². The van der Waals surface area contributed by atoms with Gasteiger partial charge in [-0.25, -0.2) is 0 Å². The Balaban J connectivity index is 0.00000231. The first-order valence-electron chi connectivity index (χ1n) is 10.1. The molecule has 3 heterocycles. The van der Waals surface area contributed by atoms with E-state index >= 15 is 0 Å². The average Bonchev–Trinajstić information content (AvgIpc) is 3.41. The monoisotopic (exact) mass is 524 g/mol. The normalized spacial score (nSPS) is 14.8. The van der Waals surface area contributed by atoms with Crippen LogP contribution in [0.15, 0.2) is 71.2 Å². The van der Waals surface area contributed by atoms with Crippen LogP contribution in [0.1, 0.15) is 25.1 Å². The van der Waals surface area contributed by atoms with Crippen molar-refractivity contribution < 1.29 is 37.7 Å². The quantitative estimate of drug-likeness (QED) is 0.329. The summed E-state index contributed by atoms with van der Waals surface area (Å²) >= 11 is 0. The highest BCUT2D eigenvalue weighted by atomic mass is 127. The number of furan rings is 1. The van der Waals surface area contributed by atoms with E-state index in [2.05, 4.69) is 72.9 Å². The smallest absolute Gasteiger partial charge is 0.209 e.